The van der Waals surface area contributed by atoms with Crippen molar-refractivity contribution in [1.82, 2.24) is 0 Å². The Hall–Kier alpha value is -0.830. The molecule has 0 amide bonds. The van der Waals surface area contributed by atoms with Gasteiger partial charge in [0.2, 0.25) is 0 Å². The Labute approximate surface area is 99.7 Å². The average Bonchev–Trinajstić information content (AvgIpc) is 2.23. The van der Waals surface area contributed by atoms with Crippen molar-refractivity contribution in [2.45, 2.75) is 46.7 Å². The summed E-state index contributed by atoms with van der Waals surface area (Å²) in [5, 5.41) is 0. The molecule has 0 aromatic heterocycles. The lowest BCUT2D eigenvalue weighted by atomic mass is 10.1. The number of ether oxygens (including phenoxy) is 1. The van der Waals surface area contributed by atoms with Gasteiger partial charge in [-0.25, -0.2) is 4.79 Å². The standard InChI is InChI=1S/C13H26NO2/c1-8-14(10(2)3,11(4)5)9-12(6)13(15)16-7/h10-11H,6,8-9H2,1-5,7H3/q+1. The van der Waals surface area contributed by atoms with Crippen molar-refractivity contribution in [3.8, 4) is 0 Å². The van der Waals surface area contributed by atoms with Crippen LogP contribution in [0.25, 0.3) is 0 Å². The van der Waals surface area contributed by atoms with Gasteiger partial charge in [-0.15, -0.1) is 0 Å². The third kappa shape index (κ3) is 3.08. The summed E-state index contributed by atoms with van der Waals surface area (Å²) >= 11 is 0. The summed E-state index contributed by atoms with van der Waals surface area (Å²) in [5.41, 5.74) is 0.562. The first-order chi connectivity index (χ1) is 7.31. The number of hydrogen-bond donors (Lipinski definition) is 0. The molecule has 0 aromatic carbocycles. The zero-order valence-electron chi connectivity index (χ0n) is 11.5. The molecule has 0 saturated heterocycles. The number of quaternary nitrogens is 1. The van der Waals surface area contributed by atoms with Crippen LogP contribution in [0.2, 0.25) is 0 Å². The Bertz CT molecular complexity index is 249. The molecule has 0 rings (SSSR count). The average molecular weight is 228 g/mol. The van der Waals surface area contributed by atoms with E-state index in [1.165, 1.54) is 7.11 Å². The number of carbonyl (C=O) groups excluding carboxylic acids is 1. The number of carbonyl (C=O) groups is 1. The second-order valence-corrected chi connectivity index (χ2v) is 4.86. The molecular weight excluding hydrogens is 202 g/mol. The van der Waals surface area contributed by atoms with E-state index >= 15 is 0 Å². The first-order valence-electron chi connectivity index (χ1n) is 5.94. The van der Waals surface area contributed by atoms with Crippen LogP contribution in [0.1, 0.15) is 34.6 Å². The molecule has 0 spiro atoms. The fourth-order valence-electron chi connectivity index (χ4n) is 2.37. The molecule has 0 unspecified atom stereocenters. The Morgan fingerprint density at radius 3 is 1.94 bits per heavy atom. The molecule has 0 bridgehead atoms. The normalized spacial score (nSPS) is 12.0. The molecule has 0 fully saturated rings. The zero-order valence-corrected chi connectivity index (χ0v) is 11.5. The maximum Gasteiger partial charge on any atom is 0.338 e. The van der Waals surface area contributed by atoms with Crippen molar-refractivity contribution in [3.63, 3.8) is 0 Å². The van der Waals surface area contributed by atoms with Crippen LogP contribution in [-0.4, -0.2) is 42.7 Å². The van der Waals surface area contributed by atoms with E-state index in [1.54, 1.807) is 0 Å². The van der Waals surface area contributed by atoms with Crippen LogP contribution >= 0.6 is 0 Å². The van der Waals surface area contributed by atoms with Crippen molar-refractivity contribution in [2.24, 2.45) is 0 Å². The lowest BCUT2D eigenvalue weighted by Crippen LogP contribution is -2.58. The highest BCUT2D eigenvalue weighted by Crippen LogP contribution is 2.21. The summed E-state index contributed by atoms with van der Waals surface area (Å²) < 4.78 is 5.58. The molecule has 0 radical (unpaired) electrons. The molecule has 0 aliphatic carbocycles. The molecule has 0 N–H and O–H groups in total. The summed E-state index contributed by atoms with van der Waals surface area (Å²) in [7, 11) is 1.40. The molecule has 0 aromatic rings. The van der Waals surface area contributed by atoms with Crippen molar-refractivity contribution >= 4 is 5.97 Å². The van der Waals surface area contributed by atoms with Crippen molar-refractivity contribution < 1.29 is 14.0 Å². The zero-order chi connectivity index (χ0) is 12.9. The van der Waals surface area contributed by atoms with Crippen LogP contribution in [0.3, 0.4) is 0 Å². The maximum atomic E-state index is 11.4. The number of esters is 1. The van der Waals surface area contributed by atoms with Crippen molar-refractivity contribution in [3.05, 3.63) is 12.2 Å². The SMILES string of the molecule is C=C(C[N+](CC)(C(C)C)C(C)C)C(=O)OC. The Morgan fingerprint density at radius 2 is 1.69 bits per heavy atom. The number of nitrogens with zero attached hydrogens (tertiary/aromatic N) is 1. The Morgan fingerprint density at radius 1 is 1.25 bits per heavy atom. The predicted octanol–water partition coefficient (Wildman–Crippen LogP) is 2.37. The van der Waals surface area contributed by atoms with Gasteiger partial charge in [-0.3, -0.25) is 0 Å². The van der Waals surface area contributed by atoms with Gasteiger partial charge in [-0.05, 0) is 34.6 Å². The summed E-state index contributed by atoms with van der Waals surface area (Å²) in [5.74, 6) is -0.294. The summed E-state index contributed by atoms with van der Waals surface area (Å²) in [4.78, 5) is 11.4. The molecule has 94 valence electrons. The maximum absolute atomic E-state index is 11.4. The molecule has 0 aliphatic heterocycles. The van der Waals surface area contributed by atoms with Gasteiger partial charge in [0.1, 0.15) is 6.54 Å². The van der Waals surface area contributed by atoms with Gasteiger partial charge in [0, 0.05) is 0 Å². The third-order valence-electron chi connectivity index (χ3n) is 3.60. The van der Waals surface area contributed by atoms with Crippen LogP contribution in [0.15, 0.2) is 12.2 Å². The third-order valence-corrected chi connectivity index (χ3v) is 3.60. The topological polar surface area (TPSA) is 26.3 Å². The molecule has 0 atom stereocenters. The largest absolute Gasteiger partial charge is 0.466 e. The van der Waals surface area contributed by atoms with E-state index in [2.05, 4.69) is 41.2 Å². The van der Waals surface area contributed by atoms with E-state index in [0.29, 0.717) is 24.2 Å². The van der Waals surface area contributed by atoms with E-state index in [9.17, 15) is 4.79 Å². The van der Waals surface area contributed by atoms with E-state index in [0.717, 1.165) is 11.0 Å². The van der Waals surface area contributed by atoms with Crippen LogP contribution < -0.4 is 0 Å². The lowest BCUT2D eigenvalue weighted by molar-refractivity contribution is -0.960. The van der Waals surface area contributed by atoms with E-state index in [1.807, 2.05) is 0 Å². The summed E-state index contributed by atoms with van der Waals surface area (Å²) in [6.07, 6.45) is 0. The number of methoxy groups -OCH3 is 1. The minimum atomic E-state index is -0.294. The van der Waals surface area contributed by atoms with Gasteiger partial charge in [-0.2, -0.15) is 0 Å². The monoisotopic (exact) mass is 228 g/mol. The molecule has 16 heavy (non-hydrogen) atoms. The summed E-state index contributed by atoms with van der Waals surface area (Å²) in [6, 6.07) is 0.929. The van der Waals surface area contributed by atoms with Crippen LogP contribution in [-0.2, 0) is 9.53 Å². The molecule has 0 saturated carbocycles. The quantitative estimate of drug-likeness (QED) is 0.396. The predicted molar refractivity (Wildman–Crippen MR) is 67.1 cm³/mol. The molecule has 3 nitrogen and oxygen atoms in total. The highest BCUT2D eigenvalue weighted by molar-refractivity contribution is 5.87. The van der Waals surface area contributed by atoms with Gasteiger partial charge >= 0.3 is 5.97 Å². The molecule has 0 aliphatic rings. The van der Waals surface area contributed by atoms with Crippen molar-refractivity contribution in [2.75, 3.05) is 20.2 Å². The smallest absolute Gasteiger partial charge is 0.338 e. The van der Waals surface area contributed by atoms with E-state index < -0.39 is 0 Å². The number of rotatable bonds is 6. The number of hydrogen-bond acceptors (Lipinski definition) is 2. The molecule has 0 heterocycles. The first-order valence-corrected chi connectivity index (χ1v) is 5.94. The first kappa shape index (κ1) is 15.2. The summed E-state index contributed by atoms with van der Waals surface area (Å²) in [6.45, 7) is 16.4. The highest BCUT2D eigenvalue weighted by Gasteiger charge is 2.34. The second kappa shape index (κ2) is 6.04. The minimum absolute atomic E-state index is 0.294. The molecule has 3 heteroatoms. The Balaban J connectivity index is 4.94. The van der Waals surface area contributed by atoms with Crippen molar-refractivity contribution in [1.29, 1.82) is 0 Å². The molecular formula is C13H26NO2+. The highest BCUT2D eigenvalue weighted by atomic mass is 16.5. The minimum Gasteiger partial charge on any atom is -0.466 e. The van der Waals surface area contributed by atoms with Gasteiger partial charge in [0.05, 0.1) is 31.3 Å². The van der Waals surface area contributed by atoms with Crippen LogP contribution in [0.4, 0.5) is 0 Å². The van der Waals surface area contributed by atoms with Gasteiger partial charge < -0.3 is 9.22 Å². The van der Waals surface area contributed by atoms with E-state index in [-0.39, 0.29) is 5.97 Å². The van der Waals surface area contributed by atoms with E-state index in [4.69, 9.17) is 4.74 Å². The lowest BCUT2D eigenvalue weighted by Gasteiger charge is -2.45. The number of likely N-dealkylation sites (N-methyl/N-ethyl adjacent to an activating group) is 1. The van der Waals surface area contributed by atoms with Crippen LogP contribution in [0.5, 0.6) is 0 Å². The van der Waals surface area contributed by atoms with Gasteiger partial charge in [0.15, 0.2) is 0 Å². The van der Waals surface area contributed by atoms with Crippen LogP contribution in [0, 0.1) is 0 Å². The second-order valence-electron chi connectivity index (χ2n) is 4.86. The van der Waals surface area contributed by atoms with Gasteiger partial charge in [-0.1, -0.05) is 6.58 Å². The Kier molecular flexibility index (Phi) is 5.73. The fraction of sp³-hybridized carbons (Fsp3) is 0.769. The van der Waals surface area contributed by atoms with Gasteiger partial charge in [0.25, 0.3) is 0 Å². The fourth-order valence-corrected chi connectivity index (χ4v) is 2.37.